The van der Waals surface area contributed by atoms with Gasteiger partial charge in [0.25, 0.3) is 10.0 Å². The Morgan fingerprint density at radius 2 is 2.17 bits per heavy atom. The smallest absolute Gasteiger partial charge is 0.278 e. The molecule has 0 atom stereocenters. The van der Waals surface area contributed by atoms with Crippen molar-refractivity contribution in [3.8, 4) is 0 Å². The number of nitrogens with zero attached hydrogens (tertiary/aromatic N) is 3. The molecule has 0 spiro atoms. The molecule has 2 N–H and O–H groups in total. The van der Waals surface area contributed by atoms with Crippen molar-refractivity contribution < 1.29 is 8.42 Å². The molecular formula is C12H9Cl2N5O2S2. The van der Waals surface area contributed by atoms with Crippen molar-refractivity contribution in [2.24, 2.45) is 0 Å². The van der Waals surface area contributed by atoms with E-state index in [4.69, 9.17) is 11.6 Å². The van der Waals surface area contributed by atoms with Gasteiger partial charge in [0.1, 0.15) is 0 Å². The van der Waals surface area contributed by atoms with Gasteiger partial charge in [-0.25, -0.2) is 4.98 Å². The molecule has 7 nitrogen and oxygen atoms in total. The lowest BCUT2D eigenvalue weighted by atomic mass is 10.2. The molecule has 1 aromatic carbocycles. The number of imidazole rings is 1. The quantitative estimate of drug-likeness (QED) is 0.562. The minimum Gasteiger partial charge on any atom is -0.278 e. The normalized spacial score (nSPS) is 11.7. The molecule has 120 valence electrons. The molecule has 0 amide bonds. The lowest BCUT2D eigenvalue weighted by molar-refractivity contribution is 0.597. The molecule has 0 radical (unpaired) electrons. The summed E-state index contributed by atoms with van der Waals surface area (Å²) in [5, 5.41) is 9.20. The fourth-order valence-corrected chi connectivity index (χ4v) is 4.69. The molecule has 11 heteroatoms. The maximum Gasteiger partial charge on any atom is 0.281 e. The van der Waals surface area contributed by atoms with Crippen LogP contribution in [0.25, 0.3) is 15.9 Å². The van der Waals surface area contributed by atoms with Crippen LogP contribution in [-0.2, 0) is 10.0 Å². The third-order valence-corrected chi connectivity index (χ3v) is 5.66. The van der Waals surface area contributed by atoms with E-state index in [1.165, 1.54) is 15.7 Å². The molecular weight excluding hydrogens is 381 g/mol. The summed E-state index contributed by atoms with van der Waals surface area (Å²) < 4.78 is 29.1. The second-order valence-corrected chi connectivity index (χ2v) is 7.37. The van der Waals surface area contributed by atoms with Crippen molar-refractivity contribution in [1.29, 1.82) is 0 Å². The van der Waals surface area contributed by atoms with Gasteiger partial charge in [-0.2, -0.15) is 13.5 Å². The summed E-state index contributed by atoms with van der Waals surface area (Å²) in [6.07, 6.45) is 3.28. The molecule has 0 aliphatic carbocycles. The lowest BCUT2D eigenvalue weighted by Crippen LogP contribution is -2.15. The fraction of sp³-hybridized carbons (Fsp3) is 0. The number of hydrogen-bond acceptors (Lipinski definition) is 5. The van der Waals surface area contributed by atoms with Gasteiger partial charge >= 0.3 is 0 Å². The van der Waals surface area contributed by atoms with E-state index in [2.05, 4.69) is 19.9 Å². The molecule has 0 saturated carbocycles. The summed E-state index contributed by atoms with van der Waals surface area (Å²) in [5.41, 5.74) is 1.15. The zero-order chi connectivity index (χ0) is 15.3. The van der Waals surface area contributed by atoms with E-state index in [1.54, 1.807) is 36.0 Å². The number of fused-ring (bicyclic) bond motifs is 2. The molecule has 3 aromatic heterocycles. The highest BCUT2D eigenvalue weighted by molar-refractivity contribution is 7.92. The third-order valence-electron chi connectivity index (χ3n) is 3.13. The average molecular weight is 390 g/mol. The van der Waals surface area contributed by atoms with Gasteiger partial charge in [-0.15, -0.1) is 23.7 Å². The standard InChI is InChI=1S/C12H8ClN5O2S2.ClH/c13-10-11(18-3-4-21-12(18)15-10)22(19,20)17-8-2-1-7-6-14-16-9(7)5-8;/h1-6,17H,(H,14,16);1H. The van der Waals surface area contributed by atoms with Crippen LogP contribution in [0.4, 0.5) is 5.69 Å². The Balaban J connectivity index is 0.00000156. The molecule has 0 unspecified atom stereocenters. The van der Waals surface area contributed by atoms with Crippen LogP contribution in [0.3, 0.4) is 0 Å². The number of nitrogens with one attached hydrogen (secondary N) is 2. The van der Waals surface area contributed by atoms with Crippen LogP contribution in [0.15, 0.2) is 41.0 Å². The molecule has 0 saturated heterocycles. The first kappa shape index (κ1) is 16.1. The second-order valence-electron chi connectivity index (χ2n) is 4.54. The van der Waals surface area contributed by atoms with Crippen LogP contribution < -0.4 is 4.72 Å². The SMILES string of the molecule is Cl.O=S(=O)(Nc1ccc2cn[nH]c2c1)c1c(Cl)nc2sccn12. The molecule has 0 bridgehead atoms. The lowest BCUT2D eigenvalue weighted by Gasteiger charge is -2.07. The number of hydrogen-bond donors (Lipinski definition) is 2. The molecule has 0 fully saturated rings. The molecule has 4 rings (SSSR count). The first-order chi connectivity index (χ1) is 10.5. The Bertz CT molecular complexity index is 1100. The first-order valence-electron chi connectivity index (χ1n) is 6.11. The van der Waals surface area contributed by atoms with Gasteiger partial charge in [-0.3, -0.25) is 14.2 Å². The fourth-order valence-electron chi connectivity index (χ4n) is 2.18. The second kappa shape index (κ2) is 5.68. The van der Waals surface area contributed by atoms with Crippen LogP contribution in [0.5, 0.6) is 0 Å². The van der Waals surface area contributed by atoms with Crippen molar-refractivity contribution in [3.63, 3.8) is 0 Å². The minimum atomic E-state index is -3.86. The highest BCUT2D eigenvalue weighted by Crippen LogP contribution is 2.27. The maximum atomic E-state index is 12.6. The molecule has 0 aliphatic heterocycles. The third kappa shape index (κ3) is 2.65. The summed E-state index contributed by atoms with van der Waals surface area (Å²) in [4.78, 5) is 4.56. The predicted octanol–water partition coefficient (Wildman–Crippen LogP) is 3.15. The first-order valence-corrected chi connectivity index (χ1v) is 8.86. The monoisotopic (exact) mass is 389 g/mol. The highest BCUT2D eigenvalue weighted by atomic mass is 35.5. The number of H-pyrrole nitrogens is 1. The van der Waals surface area contributed by atoms with Crippen LogP contribution >= 0.6 is 35.3 Å². The van der Waals surface area contributed by atoms with Crippen molar-refractivity contribution in [2.75, 3.05) is 4.72 Å². The van der Waals surface area contributed by atoms with Crippen LogP contribution in [0.1, 0.15) is 0 Å². The van der Waals surface area contributed by atoms with E-state index in [9.17, 15) is 8.42 Å². The number of aromatic amines is 1. The van der Waals surface area contributed by atoms with E-state index in [1.807, 2.05) is 0 Å². The van der Waals surface area contributed by atoms with Crippen LogP contribution in [-0.4, -0.2) is 28.0 Å². The van der Waals surface area contributed by atoms with Crippen molar-refractivity contribution >= 4 is 66.9 Å². The number of benzene rings is 1. The molecule has 4 aromatic rings. The van der Waals surface area contributed by atoms with Crippen molar-refractivity contribution in [1.82, 2.24) is 19.6 Å². The summed E-state index contributed by atoms with van der Waals surface area (Å²) >= 11 is 7.29. The van der Waals surface area contributed by atoms with E-state index < -0.39 is 10.0 Å². The Morgan fingerprint density at radius 1 is 1.35 bits per heavy atom. The van der Waals surface area contributed by atoms with Gasteiger partial charge in [0.15, 0.2) is 15.1 Å². The Hall–Kier alpha value is -1.81. The average Bonchev–Trinajstić information content (AvgIpc) is 3.11. The largest absolute Gasteiger partial charge is 0.281 e. The Morgan fingerprint density at radius 3 is 3.00 bits per heavy atom. The summed E-state index contributed by atoms with van der Waals surface area (Å²) in [5.74, 6) is 0. The predicted molar refractivity (Wildman–Crippen MR) is 92.2 cm³/mol. The number of anilines is 1. The van der Waals surface area contributed by atoms with E-state index in [-0.39, 0.29) is 22.6 Å². The number of sulfonamides is 1. The number of aromatic nitrogens is 4. The van der Waals surface area contributed by atoms with E-state index >= 15 is 0 Å². The highest BCUT2D eigenvalue weighted by Gasteiger charge is 2.25. The Labute approximate surface area is 145 Å². The van der Waals surface area contributed by atoms with E-state index in [0.29, 0.717) is 10.6 Å². The molecule has 23 heavy (non-hydrogen) atoms. The van der Waals surface area contributed by atoms with Crippen molar-refractivity contribution in [3.05, 3.63) is 41.1 Å². The van der Waals surface area contributed by atoms with E-state index in [0.717, 1.165) is 10.9 Å². The van der Waals surface area contributed by atoms with Gasteiger partial charge in [-0.1, -0.05) is 11.6 Å². The number of rotatable bonds is 3. The number of thiazole rings is 1. The van der Waals surface area contributed by atoms with Gasteiger partial charge < -0.3 is 0 Å². The zero-order valence-corrected chi connectivity index (χ0v) is 14.4. The molecule has 3 heterocycles. The van der Waals surface area contributed by atoms with Crippen LogP contribution in [0.2, 0.25) is 5.15 Å². The van der Waals surface area contributed by atoms with Gasteiger partial charge in [0.05, 0.1) is 17.4 Å². The van der Waals surface area contributed by atoms with Gasteiger partial charge in [0, 0.05) is 17.0 Å². The summed E-state index contributed by atoms with van der Waals surface area (Å²) in [6, 6.07) is 5.10. The number of halogens is 2. The van der Waals surface area contributed by atoms with Crippen molar-refractivity contribution in [2.45, 2.75) is 5.03 Å². The van der Waals surface area contributed by atoms with Crippen LogP contribution in [0, 0.1) is 0 Å². The maximum absolute atomic E-state index is 12.6. The summed E-state index contributed by atoms with van der Waals surface area (Å²) in [6.45, 7) is 0. The zero-order valence-electron chi connectivity index (χ0n) is 11.2. The Kier molecular flexibility index (Phi) is 3.96. The summed E-state index contributed by atoms with van der Waals surface area (Å²) in [7, 11) is -3.86. The van der Waals surface area contributed by atoms with Gasteiger partial charge in [0.2, 0.25) is 0 Å². The minimum absolute atomic E-state index is 0. The molecule has 0 aliphatic rings. The topological polar surface area (TPSA) is 92.1 Å². The van der Waals surface area contributed by atoms with Gasteiger partial charge in [-0.05, 0) is 18.2 Å².